The third kappa shape index (κ3) is 10.4. The molecule has 1 rings (SSSR count). The molecule has 39 heavy (non-hydrogen) atoms. The zero-order valence-electron chi connectivity index (χ0n) is 22.3. The van der Waals surface area contributed by atoms with Crippen molar-refractivity contribution in [3.8, 4) is 0 Å². The Morgan fingerprint density at radius 3 is 2.00 bits per heavy atom. The maximum Gasteiger partial charge on any atom is 0.416 e. The van der Waals surface area contributed by atoms with E-state index in [0.717, 1.165) is 16.8 Å². The molecule has 0 heterocycles. The number of benzene rings is 1. The maximum atomic E-state index is 13.5. The number of allylic oxidation sites excluding steroid dienone is 5. The molecule has 1 amide bonds. The Hall–Kier alpha value is -3.27. The number of nitrogens with two attached hydrogens (primary N) is 1. The van der Waals surface area contributed by atoms with Crippen molar-refractivity contribution in [2.75, 3.05) is 0 Å². The SMILES string of the molecule is C=CN(\C=C(C(N)=O)/C(/C=C(\C)CC)=C/C=C(\C)Cl)/N=C(/c1cc(C(F)(F)F)cc(C(F)(F)F)c1)C(C)CC. The first kappa shape index (κ1) is 33.8. The highest BCUT2D eigenvalue weighted by molar-refractivity contribution is 6.29. The second kappa shape index (κ2) is 14.2. The molecule has 0 aliphatic rings. The molecule has 0 fully saturated rings. The van der Waals surface area contributed by atoms with E-state index in [1.165, 1.54) is 6.20 Å². The summed E-state index contributed by atoms with van der Waals surface area (Å²) in [5, 5.41) is 5.76. The highest BCUT2D eigenvalue weighted by atomic mass is 35.5. The third-order valence-corrected chi connectivity index (χ3v) is 5.79. The van der Waals surface area contributed by atoms with Crippen LogP contribution in [-0.4, -0.2) is 16.6 Å². The van der Waals surface area contributed by atoms with Crippen molar-refractivity contribution in [2.45, 2.75) is 59.8 Å². The summed E-state index contributed by atoms with van der Waals surface area (Å²) in [6.45, 7) is 12.3. The number of carbonyl (C=O) groups excluding carboxylic acids is 1. The van der Waals surface area contributed by atoms with Crippen molar-refractivity contribution in [1.29, 1.82) is 0 Å². The van der Waals surface area contributed by atoms with Gasteiger partial charge >= 0.3 is 12.4 Å². The van der Waals surface area contributed by atoms with Gasteiger partial charge in [0.1, 0.15) is 0 Å². The van der Waals surface area contributed by atoms with Crippen LogP contribution in [0.15, 0.2) is 82.3 Å². The Kier molecular flexibility index (Phi) is 12.3. The predicted molar refractivity (Wildman–Crippen MR) is 143 cm³/mol. The molecule has 1 aromatic carbocycles. The van der Waals surface area contributed by atoms with Gasteiger partial charge in [-0.25, -0.2) is 5.01 Å². The van der Waals surface area contributed by atoms with E-state index in [0.29, 0.717) is 35.6 Å². The lowest BCUT2D eigenvalue weighted by molar-refractivity contribution is -0.143. The van der Waals surface area contributed by atoms with Gasteiger partial charge in [0.15, 0.2) is 0 Å². The lowest BCUT2D eigenvalue weighted by Gasteiger charge is -2.21. The van der Waals surface area contributed by atoms with Crippen LogP contribution in [0.1, 0.15) is 64.2 Å². The molecule has 0 aliphatic carbocycles. The summed E-state index contributed by atoms with van der Waals surface area (Å²) in [7, 11) is 0. The number of hydrogen-bond donors (Lipinski definition) is 1. The van der Waals surface area contributed by atoms with Gasteiger partial charge in [-0.15, -0.1) is 0 Å². The van der Waals surface area contributed by atoms with Crippen LogP contribution in [0, 0.1) is 5.92 Å². The fraction of sp³-hybridized carbons (Fsp3) is 0.357. The lowest BCUT2D eigenvalue weighted by Crippen LogP contribution is -2.21. The number of rotatable bonds is 11. The highest BCUT2D eigenvalue weighted by Crippen LogP contribution is 2.37. The van der Waals surface area contributed by atoms with E-state index in [2.05, 4.69) is 11.7 Å². The number of primary amides is 1. The quantitative estimate of drug-likeness (QED) is 0.0943. The molecule has 11 heteroatoms. The average molecular weight is 576 g/mol. The van der Waals surface area contributed by atoms with Gasteiger partial charge in [-0.1, -0.05) is 56.7 Å². The molecule has 2 N–H and O–H groups in total. The van der Waals surface area contributed by atoms with Gasteiger partial charge in [-0.3, -0.25) is 4.79 Å². The van der Waals surface area contributed by atoms with Crippen LogP contribution in [0.25, 0.3) is 0 Å². The standard InChI is InChI=1S/C28H32ClF6N3O/c1-7-17(4)12-20(11-10-19(6)29)24(26(36)39)16-38(9-3)37-25(18(5)8-2)21-13-22(27(30,31)32)15-23(14-21)28(33,34)35/h9-16,18H,3,7-8H2,1-2,4-6H3,(H2,36,39)/b17-12+,19-10+,20-11+,24-16+,37-25+. The number of nitrogens with zero attached hydrogens (tertiary/aromatic N) is 2. The topological polar surface area (TPSA) is 58.7 Å². The number of halogens is 7. The first-order valence-electron chi connectivity index (χ1n) is 12.0. The van der Waals surface area contributed by atoms with Crippen molar-refractivity contribution in [1.82, 2.24) is 5.01 Å². The van der Waals surface area contributed by atoms with Gasteiger partial charge < -0.3 is 5.73 Å². The zero-order valence-corrected chi connectivity index (χ0v) is 23.1. The fourth-order valence-corrected chi connectivity index (χ4v) is 3.25. The molecule has 0 spiro atoms. The summed E-state index contributed by atoms with van der Waals surface area (Å²) >= 11 is 5.94. The smallest absolute Gasteiger partial charge is 0.366 e. The van der Waals surface area contributed by atoms with Crippen LogP contribution in [0.2, 0.25) is 0 Å². The lowest BCUT2D eigenvalue weighted by atomic mass is 9.93. The van der Waals surface area contributed by atoms with Crippen molar-refractivity contribution in [3.05, 3.63) is 93.8 Å². The average Bonchev–Trinajstić information content (AvgIpc) is 2.84. The summed E-state index contributed by atoms with van der Waals surface area (Å²) in [4.78, 5) is 12.4. The van der Waals surface area contributed by atoms with Crippen LogP contribution in [0.4, 0.5) is 26.3 Å². The van der Waals surface area contributed by atoms with E-state index < -0.39 is 35.3 Å². The highest BCUT2D eigenvalue weighted by Gasteiger charge is 2.37. The molecule has 214 valence electrons. The van der Waals surface area contributed by atoms with E-state index in [1.807, 2.05) is 13.8 Å². The van der Waals surface area contributed by atoms with E-state index >= 15 is 0 Å². The van der Waals surface area contributed by atoms with Crippen LogP contribution in [0.5, 0.6) is 0 Å². The Labute approximate surface area is 229 Å². The van der Waals surface area contributed by atoms with Gasteiger partial charge in [0.05, 0.1) is 22.4 Å². The second-order valence-electron chi connectivity index (χ2n) is 8.78. The molecule has 1 aromatic rings. The summed E-state index contributed by atoms with van der Waals surface area (Å²) < 4.78 is 81.0. The first-order valence-corrected chi connectivity index (χ1v) is 12.3. The van der Waals surface area contributed by atoms with Crippen molar-refractivity contribution < 1.29 is 31.1 Å². The molecule has 0 radical (unpaired) electrons. The van der Waals surface area contributed by atoms with Gasteiger partial charge in [0.2, 0.25) is 0 Å². The second-order valence-corrected chi connectivity index (χ2v) is 9.37. The van der Waals surface area contributed by atoms with Crippen LogP contribution in [0.3, 0.4) is 0 Å². The molecular formula is C28H32ClF6N3O. The molecule has 1 unspecified atom stereocenters. The summed E-state index contributed by atoms with van der Waals surface area (Å²) in [6, 6.07) is 1.29. The predicted octanol–water partition coefficient (Wildman–Crippen LogP) is 8.71. The molecule has 0 aromatic heterocycles. The van der Waals surface area contributed by atoms with Crippen molar-refractivity contribution in [3.63, 3.8) is 0 Å². The van der Waals surface area contributed by atoms with Gasteiger partial charge in [0, 0.05) is 23.4 Å². The summed E-state index contributed by atoms with van der Waals surface area (Å²) in [6.07, 6.45) is -1.88. The van der Waals surface area contributed by atoms with Crippen molar-refractivity contribution in [2.24, 2.45) is 16.8 Å². The molecule has 0 bridgehead atoms. The number of hydrazone groups is 1. The van der Waals surface area contributed by atoms with Gasteiger partial charge in [-0.2, -0.15) is 31.4 Å². The largest absolute Gasteiger partial charge is 0.416 e. The van der Waals surface area contributed by atoms with E-state index in [-0.39, 0.29) is 22.9 Å². The Balaban J connectivity index is 3.96. The van der Waals surface area contributed by atoms with E-state index in [9.17, 15) is 31.1 Å². The molecule has 4 nitrogen and oxygen atoms in total. The Bertz CT molecular complexity index is 1170. The van der Waals surface area contributed by atoms with Crippen molar-refractivity contribution >= 4 is 23.2 Å². The molecule has 1 atom stereocenters. The number of alkyl halides is 6. The monoisotopic (exact) mass is 575 g/mol. The van der Waals surface area contributed by atoms with Gasteiger partial charge in [-0.05, 0) is 62.1 Å². The minimum absolute atomic E-state index is 0.0378. The van der Waals surface area contributed by atoms with E-state index in [4.69, 9.17) is 17.3 Å². The minimum atomic E-state index is -5.02. The first-order chi connectivity index (χ1) is 17.9. The molecule has 0 aliphatic heterocycles. The Morgan fingerprint density at radius 2 is 1.62 bits per heavy atom. The van der Waals surface area contributed by atoms with Crippen LogP contribution in [-0.2, 0) is 17.1 Å². The zero-order chi connectivity index (χ0) is 30.1. The minimum Gasteiger partial charge on any atom is -0.366 e. The molecule has 0 saturated carbocycles. The molecular weight excluding hydrogens is 544 g/mol. The number of carbonyl (C=O) groups is 1. The molecule has 0 saturated heterocycles. The van der Waals surface area contributed by atoms with Crippen LogP contribution >= 0.6 is 11.6 Å². The van der Waals surface area contributed by atoms with E-state index in [1.54, 1.807) is 39.0 Å². The fourth-order valence-electron chi connectivity index (χ4n) is 3.18. The van der Waals surface area contributed by atoms with Gasteiger partial charge in [0.25, 0.3) is 5.91 Å². The summed E-state index contributed by atoms with van der Waals surface area (Å²) in [5.74, 6) is -1.42. The Morgan fingerprint density at radius 1 is 1.08 bits per heavy atom. The maximum absolute atomic E-state index is 13.5. The third-order valence-electron chi connectivity index (χ3n) is 5.66. The normalized spacial score (nSPS) is 15.3. The number of amides is 1. The summed E-state index contributed by atoms with van der Waals surface area (Å²) in [5.41, 5.74) is 3.49. The number of hydrogen-bond acceptors (Lipinski definition) is 3. The van der Waals surface area contributed by atoms with Crippen LogP contribution < -0.4 is 5.73 Å².